The summed E-state index contributed by atoms with van der Waals surface area (Å²) < 4.78 is 0. The van der Waals surface area contributed by atoms with Crippen LogP contribution in [0.25, 0.3) is 0 Å². The molecule has 0 saturated carbocycles. The SMILES string of the molecule is O=C(Nc1nnc(C/C=C\Cc2nnc(NC(=O)c3ccccc3)s2)s1)c1ccccc1. The van der Waals surface area contributed by atoms with Gasteiger partial charge in [0.25, 0.3) is 11.8 Å². The predicted molar refractivity (Wildman–Crippen MR) is 125 cm³/mol. The number of rotatable bonds is 8. The Morgan fingerprint density at radius 2 is 1.06 bits per heavy atom. The average Bonchev–Trinajstić information content (AvgIpc) is 3.47. The minimum atomic E-state index is -0.213. The van der Waals surface area contributed by atoms with Crippen LogP contribution in [0, 0.1) is 0 Å². The molecule has 2 N–H and O–H groups in total. The normalized spacial score (nSPS) is 10.9. The van der Waals surface area contributed by atoms with E-state index >= 15 is 0 Å². The van der Waals surface area contributed by atoms with Crippen LogP contribution in [0.5, 0.6) is 0 Å². The number of hydrogen-bond acceptors (Lipinski definition) is 8. The summed E-state index contributed by atoms with van der Waals surface area (Å²) in [5.74, 6) is -0.425. The number of allylic oxidation sites excluding steroid dienone is 2. The summed E-state index contributed by atoms with van der Waals surface area (Å²) in [4.78, 5) is 24.3. The van der Waals surface area contributed by atoms with Crippen molar-refractivity contribution in [2.75, 3.05) is 10.6 Å². The number of carbonyl (C=O) groups excluding carboxylic acids is 2. The van der Waals surface area contributed by atoms with E-state index in [4.69, 9.17) is 0 Å². The third kappa shape index (κ3) is 5.90. The molecule has 10 heteroatoms. The molecule has 0 spiro atoms. The van der Waals surface area contributed by atoms with Gasteiger partial charge in [-0.05, 0) is 24.3 Å². The van der Waals surface area contributed by atoms with Crippen molar-refractivity contribution in [3.63, 3.8) is 0 Å². The average molecular weight is 463 g/mol. The summed E-state index contributed by atoms with van der Waals surface area (Å²) in [6, 6.07) is 17.9. The standard InChI is InChI=1S/C22H18N6O2S2/c29-19(15-9-3-1-4-10-15)23-21-27-25-17(31-21)13-7-8-14-18-26-28-22(32-18)24-20(30)16-11-5-2-6-12-16/h1-12H,13-14H2,(H,23,27,29)(H,24,28,30)/b8-7-. The number of amides is 2. The fourth-order valence-corrected chi connectivity index (χ4v) is 4.08. The molecular weight excluding hydrogens is 444 g/mol. The fourth-order valence-electron chi connectivity index (χ4n) is 2.66. The first-order valence-corrected chi connectivity index (χ1v) is 11.3. The molecular formula is C22H18N6O2S2. The van der Waals surface area contributed by atoms with Crippen molar-refractivity contribution in [2.24, 2.45) is 0 Å². The van der Waals surface area contributed by atoms with E-state index < -0.39 is 0 Å². The van der Waals surface area contributed by atoms with Crippen LogP contribution in [0.2, 0.25) is 0 Å². The first-order chi connectivity index (χ1) is 15.7. The van der Waals surface area contributed by atoms with Crippen molar-refractivity contribution >= 4 is 44.8 Å². The first-order valence-electron chi connectivity index (χ1n) is 9.70. The van der Waals surface area contributed by atoms with Crippen molar-refractivity contribution in [2.45, 2.75) is 12.8 Å². The zero-order valence-corrected chi connectivity index (χ0v) is 18.4. The number of nitrogens with zero attached hydrogens (tertiary/aromatic N) is 4. The smallest absolute Gasteiger partial charge is 0.257 e. The van der Waals surface area contributed by atoms with E-state index in [0.29, 0.717) is 34.2 Å². The van der Waals surface area contributed by atoms with Gasteiger partial charge in [0.05, 0.1) is 0 Å². The molecule has 0 unspecified atom stereocenters. The molecule has 8 nitrogen and oxygen atoms in total. The summed E-state index contributed by atoms with van der Waals surface area (Å²) in [6.07, 6.45) is 5.12. The fraction of sp³-hybridized carbons (Fsp3) is 0.0909. The molecule has 160 valence electrons. The van der Waals surface area contributed by atoms with Gasteiger partial charge in [0.15, 0.2) is 0 Å². The second-order valence-corrected chi connectivity index (χ2v) is 8.65. The summed E-state index contributed by atoms with van der Waals surface area (Å²) in [5.41, 5.74) is 1.14. The van der Waals surface area contributed by atoms with Gasteiger partial charge in [-0.25, -0.2) is 0 Å². The Morgan fingerprint density at radius 3 is 1.47 bits per heavy atom. The number of nitrogens with one attached hydrogen (secondary N) is 2. The van der Waals surface area contributed by atoms with Crippen LogP contribution in [0.3, 0.4) is 0 Å². The molecule has 0 aliphatic rings. The summed E-state index contributed by atoms with van der Waals surface area (Å²) in [6.45, 7) is 0. The van der Waals surface area contributed by atoms with Gasteiger partial charge in [0.1, 0.15) is 10.0 Å². The van der Waals surface area contributed by atoms with E-state index in [1.165, 1.54) is 22.7 Å². The lowest BCUT2D eigenvalue weighted by atomic mass is 10.2. The second kappa shape index (κ2) is 10.5. The van der Waals surface area contributed by atoms with Gasteiger partial charge in [-0.15, -0.1) is 20.4 Å². The largest absolute Gasteiger partial charge is 0.296 e. The number of aromatic nitrogens is 4. The van der Waals surface area contributed by atoms with Crippen molar-refractivity contribution in [3.8, 4) is 0 Å². The lowest BCUT2D eigenvalue weighted by Gasteiger charge is -1.99. The van der Waals surface area contributed by atoms with Crippen molar-refractivity contribution in [3.05, 3.63) is 94.0 Å². The molecule has 0 atom stereocenters. The number of anilines is 2. The quantitative estimate of drug-likeness (QED) is 0.379. The number of carbonyl (C=O) groups is 2. The van der Waals surface area contributed by atoms with E-state index in [9.17, 15) is 9.59 Å². The highest BCUT2D eigenvalue weighted by atomic mass is 32.1. The highest BCUT2D eigenvalue weighted by Gasteiger charge is 2.10. The zero-order valence-electron chi connectivity index (χ0n) is 16.8. The Hall–Kier alpha value is -3.76. The molecule has 2 heterocycles. The number of hydrogen-bond donors (Lipinski definition) is 2. The molecule has 4 aromatic rings. The Morgan fingerprint density at radius 1 is 0.656 bits per heavy atom. The van der Waals surface area contributed by atoms with E-state index in [1.54, 1.807) is 24.3 Å². The molecule has 0 aliphatic heterocycles. The third-order valence-corrected chi connectivity index (χ3v) is 5.92. The first kappa shape index (κ1) is 21.5. The Labute approximate surface area is 192 Å². The van der Waals surface area contributed by atoms with Gasteiger partial charge in [-0.1, -0.05) is 71.2 Å². The van der Waals surface area contributed by atoms with Gasteiger partial charge in [0, 0.05) is 24.0 Å². The van der Waals surface area contributed by atoms with Gasteiger partial charge in [-0.3, -0.25) is 20.2 Å². The Bertz CT molecular complexity index is 1130. The lowest BCUT2D eigenvalue weighted by Crippen LogP contribution is -2.11. The maximum absolute atomic E-state index is 12.2. The molecule has 2 aromatic carbocycles. The highest BCUT2D eigenvalue weighted by molar-refractivity contribution is 7.15. The predicted octanol–water partition coefficient (Wildman–Crippen LogP) is 4.24. The van der Waals surface area contributed by atoms with Gasteiger partial charge in [-0.2, -0.15) is 0 Å². The van der Waals surface area contributed by atoms with Gasteiger partial charge < -0.3 is 0 Å². The molecule has 2 amide bonds. The van der Waals surface area contributed by atoms with E-state index in [1.807, 2.05) is 48.6 Å². The van der Waals surface area contributed by atoms with Crippen LogP contribution in [-0.2, 0) is 12.8 Å². The monoisotopic (exact) mass is 462 g/mol. The van der Waals surface area contributed by atoms with Crippen LogP contribution in [0.4, 0.5) is 10.3 Å². The topological polar surface area (TPSA) is 110 Å². The maximum Gasteiger partial charge on any atom is 0.257 e. The molecule has 2 aromatic heterocycles. The molecule has 4 rings (SSSR count). The van der Waals surface area contributed by atoms with E-state index in [0.717, 1.165) is 10.0 Å². The lowest BCUT2D eigenvalue weighted by molar-refractivity contribution is 0.101. The van der Waals surface area contributed by atoms with Crippen molar-refractivity contribution in [1.82, 2.24) is 20.4 Å². The minimum absolute atomic E-state index is 0.213. The Kier molecular flexibility index (Phi) is 7.05. The van der Waals surface area contributed by atoms with Gasteiger partial charge >= 0.3 is 0 Å². The molecule has 0 bridgehead atoms. The molecule has 0 radical (unpaired) electrons. The zero-order chi connectivity index (χ0) is 22.2. The maximum atomic E-state index is 12.2. The van der Waals surface area contributed by atoms with Crippen molar-refractivity contribution in [1.29, 1.82) is 0 Å². The van der Waals surface area contributed by atoms with Crippen LogP contribution >= 0.6 is 22.7 Å². The number of benzene rings is 2. The third-order valence-electron chi connectivity index (χ3n) is 4.20. The summed E-state index contributed by atoms with van der Waals surface area (Å²) >= 11 is 2.67. The van der Waals surface area contributed by atoms with Crippen LogP contribution in [-0.4, -0.2) is 32.2 Å². The molecule has 0 aliphatic carbocycles. The summed E-state index contributed by atoms with van der Waals surface area (Å²) in [7, 11) is 0. The Balaban J connectivity index is 1.24. The molecule has 0 fully saturated rings. The van der Waals surface area contributed by atoms with E-state index in [-0.39, 0.29) is 11.8 Å². The molecule has 0 saturated heterocycles. The molecule has 32 heavy (non-hydrogen) atoms. The van der Waals surface area contributed by atoms with Gasteiger partial charge in [0.2, 0.25) is 10.3 Å². The van der Waals surface area contributed by atoms with Crippen molar-refractivity contribution < 1.29 is 9.59 Å². The minimum Gasteiger partial charge on any atom is -0.296 e. The van der Waals surface area contributed by atoms with Crippen LogP contribution in [0.15, 0.2) is 72.8 Å². The summed E-state index contributed by atoms with van der Waals surface area (Å²) in [5, 5.41) is 24.3. The second-order valence-electron chi connectivity index (χ2n) is 6.52. The highest BCUT2D eigenvalue weighted by Crippen LogP contribution is 2.19. The van der Waals surface area contributed by atoms with Crippen LogP contribution in [0.1, 0.15) is 30.7 Å². The van der Waals surface area contributed by atoms with E-state index in [2.05, 4.69) is 31.0 Å². The van der Waals surface area contributed by atoms with Crippen LogP contribution < -0.4 is 10.6 Å².